The molecule has 0 radical (unpaired) electrons. The van der Waals surface area contributed by atoms with E-state index >= 15 is 0 Å². The van der Waals surface area contributed by atoms with Crippen LogP contribution in [0.25, 0.3) is 0 Å². The van der Waals surface area contributed by atoms with Crippen molar-refractivity contribution < 1.29 is 18.0 Å². The first-order valence-corrected chi connectivity index (χ1v) is 12.1. The molecule has 1 heterocycles. The minimum absolute atomic E-state index is 0.177. The first-order valence-electron chi connectivity index (χ1n) is 10.9. The Morgan fingerprint density at radius 1 is 1.33 bits per heavy atom. The molecule has 33 heavy (non-hydrogen) atoms. The van der Waals surface area contributed by atoms with Crippen LogP contribution in [0.2, 0.25) is 5.02 Å². The van der Waals surface area contributed by atoms with Crippen molar-refractivity contribution in [2.75, 3.05) is 13.1 Å². The molecule has 1 aliphatic heterocycles. The van der Waals surface area contributed by atoms with Crippen LogP contribution < -0.4 is 5.32 Å². The average Bonchev–Trinajstić information content (AvgIpc) is 3.00. The van der Waals surface area contributed by atoms with Gasteiger partial charge in [0.1, 0.15) is 0 Å². The van der Waals surface area contributed by atoms with E-state index in [1.54, 1.807) is 0 Å². The van der Waals surface area contributed by atoms with E-state index in [9.17, 15) is 18.0 Å². The van der Waals surface area contributed by atoms with E-state index < -0.39 is 28.7 Å². The maximum atomic E-state index is 13.4. The number of nitrogens with zero attached hydrogens (tertiary/aromatic N) is 1. The molecule has 8 heteroatoms. The standard InChI is InChI=1S/C25H25BrClF3N2O/c1-2-12-32-15-16-6-5-11-24(32,14-16)22(17-7-3-8-18(26)13-17)31-23(33)19-9-4-10-20(21(19)27)25(28,29)30/h2-4,7-10,13,16,22H,1,5-6,11-12,14-15H2,(H,31,33). The Hall–Kier alpha value is -1.83. The van der Waals surface area contributed by atoms with E-state index in [1.165, 1.54) is 12.1 Å². The highest BCUT2D eigenvalue weighted by Crippen LogP contribution is 2.51. The summed E-state index contributed by atoms with van der Waals surface area (Å²) in [6, 6.07) is 10.7. The summed E-state index contributed by atoms with van der Waals surface area (Å²) in [4.78, 5) is 15.8. The Kier molecular flexibility index (Phi) is 6.95. The fourth-order valence-corrected chi connectivity index (χ4v) is 6.28. The van der Waals surface area contributed by atoms with Crippen molar-refractivity contribution in [2.45, 2.75) is 43.4 Å². The summed E-state index contributed by atoms with van der Waals surface area (Å²) in [7, 11) is 0. The molecule has 4 rings (SSSR count). The smallest absolute Gasteiger partial charge is 0.343 e. The minimum Gasteiger partial charge on any atom is -0.343 e. The summed E-state index contributed by atoms with van der Waals surface area (Å²) >= 11 is 9.59. The van der Waals surface area contributed by atoms with Gasteiger partial charge >= 0.3 is 6.18 Å². The highest BCUT2D eigenvalue weighted by atomic mass is 79.9. The van der Waals surface area contributed by atoms with Crippen molar-refractivity contribution >= 4 is 33.4 Å². The molecular weight excluding hydrogens is 517 g/mol. The van der Waals surface area contributed by atoms with Crippen molar-refractivity contribution in [3.05, 3.63) is 81.3 Å². The second kappa shape index (κ2) is 9.43. The van der Waals surface area contributed by atoms with E-state index in [-0.39, 0.29) is 11.1 Å². The van der Waals surface area contributed by atoms with Crippen LogP contribution in [-0.2, 0) is 6.18 Å². The largest absolute Gasteiger partial charge is 0.417 e. The number of benzene rings is 2. The molecule has 2 aromatic rings. The maximum Gasteiger partial charge on any atom is 0.417 e. The van der Waals surface area contributed by atoms with Gasteiger partial charge in [0.25, 0.3) is 5.91 Å². The minimum atomic E-state index is -4.64. The van der Waals surface area contributed by atoms with E-state index in [0.29, 0.717) is 12.5 Å². The van der Waals surface area contributed by atoms with E-state index in [1.807, 2.05) is 30.3 Å². The summed E-state index contributed by atoms with van der Waals surface area (Å²) in [6.07, 6.45) is 1.18. The Morgan fingerprint density at radius 2 is 2.09 bits per heavy atom. The van der Waals surface area contributed by atoms with Gasteiger partial charge in [-0.15, -0.1) is 6.58 Å². The van der Waals surface area contributed by atoms with Crippen LogP contribution in [0, 0.1) is 5.92 Å². The van der Waals surface area contributed by atoms with Gasteiger partial charge in [0.2, 0.25) is 0 Å². The van der Waals surface area contributed by atoms with E-state index in [4.69, 9.17) is 11.6 Å². The zero-order chi connectivity index (χ0) is 23.8. The quantitative estimate of drug-likeness (QED) is 0.399. The first kappa shape index (κ1) is 24.3. The lowest BCUT2D eigenvalue weighted by molar-refractivity contribution is -0.137. The molecule has 1 amide bonds. The van der Waals surface area contributed by atoms with Crippen molar-refractivity contribution in [1.29, 1.82) is 0 Å². The van der Waals surface area contributed by atoms with Crippen molar-refractivity contribution in [3.63, 3.8) is 0 Å². The van der Waals surface area contributed by atoms with Crippen LogP contribution in [0.1, 0.15) is 53.2 Å². The number of hydrogen-bond donors (Lipinski definition) is 1. The highest BCUT2D eigenvalue weighted by Gasteiger charge is 2.53. The molecular formula is C25H25BrClF3N2O. The number of hydrogen-bond acceptors (Lipinski definition) is 2. The third kappa shape index (κ3) is 4.73. The molecule has 1 N–H and O–H groups in total. The number of likely N-dealkylation sites (tertiary alicyclic amines) is 1. The Bertz CT molecular complexity index is 1060. The number of alkyl halides is 3. The van der Waals surface area contributed by atoms with Gasteiger partial charge in [-0.05, 0) is 55.0 Å². The molecule has 1 saturated carbocycles. The second-order valence-corrected chi connectivity index (χ2v) is 10.2. The molecule has 1 aliphatic carbocycles. The van der Waals surface area contributed by atoms with Crippen molar-refractivity contribution in [2.24, 2.45) is 5.92 Å². The zero-order valence-electron chi connectivity index (χ0n) is 18.0. The molecule has 3 nitrogen and oxygen atoms in total. The molecule has 2 bridgehead atoms. The average molecular weight is 542 g/mol. The third-order valence-electron chi connectivity index (χ3n) is 6.87. The normalized spacial score (nSPS) is 23.8. The van der Waals surface area contributed by atoms with Crippen LogP contribution in [0.3, 0.4) is 0 Å². The lowest BCUT2D eigenvalue weighted by atomic mass is 9.73. The Morgan fingerprint density at radius 3 is 2.79 bits per heavy atom. The van der Waals surface area contributed by atoms with E-state index in [0.717, 1.165) is 48.3 Å². The third-order valence-corrected chi connectivity index (χ3v) is 7.77. The van der Waals surface area contributed by atoms with Gasteiger partial charge in [-0.3, -0.25) is 9.69 Å². The lowest BCUT2D eigenvalue weighted by Gasteiger charge is -2.46. The Labute approximate surface area is 205 Å². The Balaban J connectivity index is 1.76. The monoisotopic (exact) mass is 540 g/mol. The number of nitrogens with one attached hydrogen (secondary N) is 1. The maximum absolute atomic E-state index is 13.4. The van der Waals surface area contributed by atoms with Gasteiger partial charge in [0.15, 0.2) is 0 Å². The number of halogens is 5. The van der Waals surface area contributed by atoms with Crippen LogP contribution in [0.15, 0.2) is 59.6 Å². The van der Waals surface area contributed by atoms with Gasteiger partial charge in [0.05, 0.1) is 22.2 Å². The predicted molar refractivity (Wildman–Crippen MR) is 127 cm³/mol. The van der Waals surface area contributed by atoms with Gasteiger partial charge in [-0.25, -0.2) is 0 Å². The number of fused-ring (bicyclic) bond motifs is 2. The highest BCUT2D eigenvalue weighted by molar-refractivity contribution is 9.10. The number of carbonyl (C=O) groups excluding carboxylic acids is 1. The molecule has 0 spiro atoms. The van der Waals surface area contributed by atoms with Crippen molar-refractivity contribution in [3.8, 4) is 0 Å². The molecule has 0 aromatic heterocycles. The zero-order valence-corrected chi connectivity index (χ0v) is 20.3. The van der Waals surface area contributed by atoms with Gasteiger partial charge in [-0.2, -0.15) is 13.2 Å². The summed E-state index contributed by atoms with van der Waals surface area (Å²) in [5.74, 6) is -0.0968. The summed E-state index contributed by atoms with van der Waals surface area (Å²) in [5, 5.41) is 2.51. The molecule has 3 unspecified atom stereocenters. The summed E-state index contributed by atoms with van der Waals surface area (Å²) in [6.45, 7) is 5.50. The fourth-order valence-electron chi connectivity index (χ4n) is 5.54. The van der Waals surface area contributed by atoms with Gasteiger partial charge in [0, 0.05) is 23.1 Å². The number of amides is 1. The molecule has 176 valence electrons. The van der Waals surface area contributed by atoms with Crippen LogP contribution >= 0.6 is 27.5 Å². The summed E-state index contributed by atoms with van der Waals surface area (Å²) in [5.41, 5.74) is -0.636. The van der Waals surface area contributed by atoms with Crippen LogP contribution in [0.5, 0.6) is 0 Å². The SMILES string of the molecule is C=CCN1CC2CCCC1(C(NC(=O)c1cccc(C(F)(F)F)c1Cl)c1cccc(Br)c1)C2. The van der Waals surface area contributed by atoms with E-state index in [2.05, 4.69) is 32.7 Å². The number of carbonyl (C=O) groups is 1. The van der Waals surface area contributed by atoms with Crippen molar-refractivity contribution in [1.82, 2.24) is 10.2 Å². The second-order valence-electron chi connectivity index (χ2n) is 8.89. The number of rotatable bonds is 6. The molecule has 1 saturated heterocycles. The lowest BCUT2D eigenvalue weighted by Crippen LogP contribution is -2.54. The first-order chi connectivity index (χ1) is 15.7. The molecule has 2 aromatic carbocycles. The fraction of sp³-hybridized carbons (Fsp3) is 0.400. The molecule has 3 atom stereocenters. The predicted octanol–water partition coefficient (Wildman–Crippen LogP) is 7.02. The van der Waals surface area contributed by atoms with Gasteiger partial charge < -0.3 is 5.32 Å². The summed E-state index contributed by atoms with van der Waals surface area (Å²) < 4.78 is 41.0. The van der Waals surface area contributed by atoms with Gasteiger partial charge in [-0.1, -0.05) is 58.2 Å². The topological polar surface area (TPSA) is 32.3 Å². The van der Waals surface area contributed by atoms with Crippen LogP contribution in [0.4, 0.5) is 13.2 Å². The molecule has 2 fully saturated rings. The molecule has 2 aliphatic rings. The van der Waals surface area contributed by atoms with Crippen LogP contribution in [-0.4, -0.2) is 29.4 Å².